The fourth-order valence-corrected chi connectivity index (χ4v) is 3.20. The Bertz CT molecular complexity index is 776. The molecule has 5 heteroatoms. The van der Waals surface area contributed by atoms with Gasteiger partial charge in [0.15, 0.2) is 17.3 Å². The SMILES string of the molecule is O=C(c1ccccc1)C1CCCN(C(=O)Cc2ccc(O)c(F)c2)C1. The molecule has 2 aromatic carbocycles. The summed E-state index contributed by atoms with van der Waals surface area (Å²) < 4.78 is 13.4. The van der Waals surface area contributed by atoms with Crippen molar-refractivity contribution >= 4 is 11.7 Å². The van der Waals surface area contributed by atoms with Crippen molar-refractivity contribution in [1.82, 2.24) is 4.90 Å². The third kappa shape index (κ3) is 4.05. The lowest BCUT2D eigenvalue weighted by molar-refractivity contribution is -0.131. The molecule has 1 aliphatic heterocycles. The summed E-state index contributed by atoms with van der Waals surface area (Å²) in [4.78, 5) is 26.8. The number of piperidine rings is 1. The van der Waals surface area contributed by atoms with E-state index in [-0.39, 0.29) is 24.0 Å². The number of Topliss-reactive ketones (excluding diaryl/α,β-unsaturated/α-hetero) is 1. The van der Waals surface area contributed by atoms with Gasteiger partial charge in [0.25, 0.3) is 0 Å². The van der Waals surface area contributed by atoms with Gasteiger partial charge in [-0.2, -0.15) is 0 Å². The van der Waals surface area contributed by atoms with E-state index in [1.54, 1.807) is 17.0 Å². The van der Waals surface area contributed by atoms with E-state index in [1.165, 1.54) is 18.2 Å². The Hall–Kier alpha value is -2.69. The van der Waals surface area contributed by atoms with Gasteiger partial charge in [-0.05, 0) is 30.5 Å². The first-order chi connectivity index (χ1) is 12.0. The molecule has 1 heterocycles. The largest absolute Gasteiger partial charge is 0.505 e. The summed E-state index contributed by atoms with van der Waals surface area (Å²) in [6, 6.07) is 13.1. The highest BCUT2D eigenvalue weighted by Crippen LogP contribution is 2.22. The molecule has 0 bridgehead atoms. The van der Waals surface area contributed by atoms with Crippen LogP contribution in [-0.4, -0.2) is 34.8 Å². The predicted octanol–water partition coefficient (Wildman–Crippen LogP) is 3.20. The van der Waals surface area contributed by atoms with Crippen LogP contribution in [0.4, 0.5) is 4.39 Å². The molecule has 1 unspecified atom stereocenters. The minimum absolute atomic E-state index is 0.0590. The molecule has 3 rings (SSSR count). The van der Waals surface area contributed by atoms with Gasteiger partial charge in [-0.25, -0.2) is 4.39 Å². The van der Waals surface area contributed by atoms with Gasteiger partial charge in [-0.15, -0.1) is 0 Å². The average Bonchev–Trinajstić information content (AvgIpc) is 2.65. The molecule has 130 valence electrons. The van der Waals surface area contributed by atoms with Crippen LogP contribution >= 0.6 is 0 Å². The summed E-state index contributed by atoms with van der Waals surface area (Å²) in [6.45, 7) is 1.01. The topological polar surface area (TPSA) is 57.6 Å². The minimum atomic E-state index is -0.735. The van der Waals surface area contributed by atoms with E-state index in [1.807, 2.05) is 18.2 Å². The van der Waals surface area contributed by atoms with E-state index in [0.717, 1.165) is 12.8 Å². The fourth-order valence-electron chi connectivity index (χ4n) is 3.20. The van der Waals surface area contributed by atoms with E-state index in [2.05, 4.69) is 0 Å². The summed E-state index contributed by atoms with van der Waals surface area (Å²) >= 11 is 0. The van der Waals surface area contributed by atoms with Gasteiger partial charge in [0.2, 0.25) is 5.91 Å². The van der Waals surface area contributed by atoms with Crippen LogP contribution in [-0.2, 0) is 11.2 Å². The van der Waals surface area contributed by atoms with E-state index >= 15 is 0 Å². The molecule has 0 aromatic heterocycles. The predicted molar refractivity (Wildman–Crippen MR) is 91.8 cm³/mol. The van der Waals surface area contributed by atoms with Crippen molar-refractivity contribution in [2.45, 2.75) is 19.3 Å². The number of aromatic hydroxyl groups is 1. The molecule has 1 atom stereocenters. The van der Waals surface area contributed by atoms with Crippen molar-refractivity contribution in [1.29, 1.82) is 0 Å². The molecule has 2 aromatic rings. The number of rotatable bonds is 4. The normalized spacial score (nSPS) is 17.3. The van der Waals surface area contributed by atoms with Gasteiger partial charge in [-0.1, -0.05) is 36.4 Å². The second-order valence-electron chi connectivity index (χ2n) is 6.37. The number of ketones is 1. The summed E-state index contributed by atoms with van der Waals surface area (Å²) in [5.41, 5.74) is 1.18. The van der Waals surface area contributed by atoms with E-state index < -0.39 is 11.6 Å². The highest BCUT2D eigenvalue weighted by molar-refractivity contribution is 5.98. The van der Waals surface area contributed by atoms with Crippen molar-refractivity contribution in [2.75, 3.05) is 13.1 Å². The maximum absolute atomic E-state index is 13.4. The number of phenols is 1. The number of hydrogen-bond acceptors (Lipinski definition) is 3. The molecule has 0 saturated carbocycles. The Morgan fingerprint density at radius 3 is 2.64 bits per heavy atom. The smallest absolute Gasteiger partial charge is 0.227 e. The van der Waals surface area contributed by atoms with Gasteiger partial charge in [0.05, 0.1) is 6.42 Å². The molecule has 4 nitrogen and oxygen atoms in total. The van der Waals surface area contributed by atoms with Gasteiger partial charge < -0.3 is 10.0 Å². The molecule has 25 heavy (non-hydrogen) atoms. The average molecular weight is 341 g/mol. The molecular weight excluding hydrogens is 321 g/mol. The molecule has 1 fully saturated rings. The van der Waals surface area contributed by atoms with Crippen LogP contribution in [0.5, 0.6) is 5.75 Å². The van der Waals surface area contributed by atoms with Crippen molar-refractivity contribution < 1.29 is 19.1 Å². The Labute approximate surface area is 145 Å². The molecular formula is C20H20FNO3. The van der Waals surface area contributed by atoms with Crippen LogP contribution in [0.15, 0.2) is 48.5 Å². The van der Waals surface area contributed by atoms with Gasteiger partial charge >= 0.3 is 0 Å². The van der Waals surface area contributed by atoms with Gasteiger partial charge in [-0.3, -0.25) is 9.59 Å². The van der Waals surface area contributed by atoms with Crippen molar-refractivity contribution in [3.8, 4) is 5.75 Å². The first-order valence-corrected chi connectivity index (χ1v) is 8.39. The number of nitrogens with zero attached hydrogens (tertiary/aromatic N) is 1. The Morgan fingerprint density at radius 2 is 1.92 bits per heavy atom. The molecule has 1 saturated heterocycles. The number of benzene rings is 2. The van der Waals surface area contributed by atoms with E-state index in [9.17, 15) is 19.1 Å². The number of amides is 1. The van der Waals surface area contributed by atoms with E-state index in [4.69, 9.17) is 0 Å². The van der Waals surface area contributed by atoms with Crippen LogP contribution in [0.25, 0.3) is 0 Å². The zero-order chi connectivity index (χ0) is 17.8. The third-order valence-corrected chi connectivity index (χ3v) is 4.57. The second kappa shape index (κ2) is 7.47. The maximum Gasteiger partial charge on any atom is 0.227 e. The quantitative estimate of drug-likeness (QED) is 0.869. The van der Waals surface area contributed by atoms with Crippen LogP contribution in [0, 0.1) is 11.7 Å². The zero-order valence-corrected chi connectivity index (χ0v) is 13.8. The maximum atomic E-state index is 13.4. The first kappa shape index (κ1) is 17.1. The van der Waals surface area contributed by atoms with Crippen LogP contribution in [0.2, 0.25) is 0 Å². The highest BCUT2D eigenvalue weighted by atomic mass is 19.1. The number of carbonyl (C=O) groups is 2. The van der Waals surface area contributed by atoms with Crippen molar-refractivity contribution in [3.63, 3.8) is 0 Å². The monoisotopic (exact) mass is 341 g/mol. The lowest BCUT2D eigenvalue weighted by Crippen LogP contribution is -2.43. The number of halogens is 1. The second-order valence-corrected chi connectivity index (χ2v) is 6.37. The molecule has 1 amide bonds. The molecule has 1 N–H and O–H groups in total. The number of phenolic OH excluding ortho intramolecular Hbond substituents is 1. The zero-order valence-electron chi connectivity index (χ0n) is 13.8. The van der Waals surface area contributed by atoms with Gasteiger partial charge in [0, 0.05) is 24.6 Å². The standard InChI is InChI=1S/C20H20FNO3/c21-17-11-14(8-9-18(17)23)12-19(24)22-10-4-7-16(13-22)20(25)15-5-2-1-3-6-15/h1-3,5-6,8-9,11,16,23H,4,7,10,12-13H2. The summed E-state index contributed by atoms with van der Waals surface area (Å²) in [5, 5.41) is 9.22. The van der Waals surface area contributed by atoms with Crippen LogP contribution in [0.3, 0.4) is 0 Å². The molecule has 1 aliphatic rings. The number of hydrogen-bond donors (Lipinski definition) is 1. The Kier molecular flexibility index (Phi) is 5.12. The van der Waals surface area contributed by atoms with Crippen LogP contribution in [0.1, 0.15) is 28.8 Å². The van der Waals surface area contributed by atoms with Crippen LogP contribution < -0.4 is 0 Å². The lowest BCUT2D eigenvalue weighted by Gasteiger charge is -2.32. The Balaban J connectivity index is 1.65. The molecule has 0 aliphatic carbocycles. The van der Waals surface area contributed by atoms with E-state index in [0.29, 0.717) is 24.2 Å². The fraction of sp³-hybridized carbons (Fsp3) is 0.300. The first-order valence-electron chi connectivity index (χ1n) is 8.39. The van der Waals surface area contributed by atoms with Crippen molar-refractivity contribution in [3.05, 3.63) is 65.5 Å². The highest BCUT2D eigenvalue weighted by Gasteiger charge is 2.28. The summed E-state index contributed by atoms with van der Waals surface area (Å²) in [7, 11) is 0. The number of likely N-dealkylation sites (tertiary alicyclic amines) is 1. The lowest BCUT2D eigenvalue weighted by atomic mass is 9.90. The van der Waals surface area contributed by atoms with Gasteiger partial charge in [0.1, 0.15) is 0 Å². The Morgan fingerprint density at radius 1 is 1.16 bits per heavy atom. The number of carbonyl (C=O) groups excluding carboxylic acids is 2. The minimum Gasteiger partial charge on any atom is -0.505 e. The van der Waals surface area contributed by atoms with Crippen molar-refractivity contribution in [2.24, 2.45) is 5.92 Å². The molecule has 0 spiro atoms. The summed E-state index contributed by atoms with van der Waals surface area (Å²) in [6.07, 6.45) is 1.60. The summed E-state index contributed by atoms with van der Waals surface area (Å²) in [5.74, 6) is -1.43. The molecule has 0 radical (unpaired) electrons. The third-order valence-electron chi connectivity index (χ3n) is 4.57.